The van der Waals surface area contributed by atoms with Gasteiger partial charge in [-0.05, 0) is 50.7 Å². The van der Waals surface area contributed by atoms with Gasteiger partial charge in [0.15, 0.2) is 17.3 Å². The highest BCUT2D eigenvalue weighted by molar-refractivity contribution is 5.92. The van der Waals surface area contributed by atoms with Crippen molar-refractivity contribution in [1.29, 1.82) is 0 Å². The maximum atomic E-state index is 12.6. The van der Waals surface area contributed by atoms with Crippen LogP contribution in [-0.2, 0) is 9.47 Å². The zero-order chi connectivity index (χ0) is 39.1. The normalized spacial score (nSPS) is 20.3. The van der Waals surface area contributed by atoms with Gasteiger partial charge in [0, 0.05) is 102 Å². The first-order chi connectivity index (χ1) is 27.9. The van der Waals surface area contributed by atoms with Gasteiger partial charge < -0.3 is 35.4 Å². The van der Waals surface area contributed by atoms with Gasteiger partial charge in [-0.1, -0.05) is 0 Å². The third kappa shape index (κ3) is 8.84. The number of hydrogen-bond donors (Lipinski definition) is 3. The van der Waals surface area contributed by atoms with Gasteiger partial charge >= 0.3 is 5.97 Å². The number of nitrogens with zero attached hydrogens (tertiary/aromatic N) is 14. The van der Waals surface area contributed by atoms with Crippen molar-refractivity contribution in [2.45, 2.75) is 62.7 Å². The maximum absolute atomic E-state index is 12.6. The van der Waals surface area contributed by atoms with Gasteiger partial charge in [0.25, 0.3) is 5.91 Å². The number of carboxylic acid groups (broad SMARTS) is 1. The summed E-state index contributed by atoms with van der Waals surface area (Å²) in [5.41, 5.74) is 7.96. The Kier molecular flexibility index (Phi) is 11.5. The summed E-state index contributed by atoms with van der Waals surface area (Å²) in [6, 6.07) is 4.21. The molecule has 4 aliphatic rings. The molecule has 10 rings (SSSR count). The highest BCUT2D eigenvalue weighted by Crippen LogP contribution is 2.24. The topological polar surface area (TPSA) is 239 Å². The Morgan fingerprint density at radius 1 is 0.702 bits per heavy atom. The molecule has 57 heavy (non-hydrogen) atoms. The molecule has 4 saturated heterocycles. The van der Waals surface area contributed by atoms with Crippen molar-refractivity contribution in [1.82, 2.24) is 64.0 Å². The molecule has 2 atom stereocenters. The van der Waals surface area contributed by atoms with E-state index in [2.05, 4.69) is 55.7 Å². The fraction of sp³-hybridized carbons (Fsp3) is 0.500. The average Bonchev–Trinajstić information content (AvgIpc) is 4.10. The molecule has 4 aliphatic heterocycles. The molecule has 0 aliphatic carbocycles. The zero-order valence-corrected chi connectivity index (χ0v) is 31.4. The van der Waals surface area contributed by atoms with E-state index in [1.807, 2.05) is 32.1 Å². The number of anilines is 2. The van der Waals surface area contributed by atoms with Crippen LogP contribution in [-0.4, -0.2) is 140 Å². The van der Waals surface area contributed by atoms with Crippen molar-refractivity contribution in [3.05, 3.63) is 73.4 Å². The van der Waals surface area contributed by atoms with Crippen LogP contribution in [0.2, 0.25) is 0 Å². The standard InChI is InChI=1S/C18H22N8O2.C9H12N6.C9H12N2O3/c27-18(15-2-7-26(23-15)14-3-9-28-10-4-14)21-13-1-6-24(11-13)16-17-22-20-12-25(17)8-5-19-16;10-7-1-3-14(5-7)8-9-13-12-6-15(9)4-2-11-8;12-9(13)8-1-4-11(10-8)7-2-5-14-6-3-7/h2,5,7-8,12-14H,1,3-4,6,9-11H2,(H,21,27);2,4,6-7H,1,3,5,10H2;1,4,7H,2-3,5-6H2,(H,12,13)/t13-;7-;/m00./s1. The van der Waals surface area contributed by atoms with E-state index in [1.165, 1.54) is 6.07 Å². The Balaban J connectivity index is 0.000000132. The molecule has 1 amide bonds. The summed E-state index contributed by atoms with van der Waals surface area (Å²) in [6.45, 7) is 6.24. The summed E-state index contributed by atoms with van der Waals surface area (Å²) >= 11 is 0. The first kappa shape index (κ1) is 37.8. The van der Waals surface area contributed by atoms with Crippen LogP contribution in [0.1, 0.15) is 71.6 Å². The van der Waals surface area contributed by atoms with E-state index in [1.54, 1.807) is 42.0 Å². The average molecular weight is 783 g/mol. The Hall–Kier alpha value is -6.06. The molecule has 21 nitrogen and oxygen atoms in total. The van der Waals surface area contributed by atoms with Crippen LogP contribution in [0.5, 0.6) is 0 Å². The van der Waals surface area contributed by atoms with E-state index in [4.69, 9.17) is 20.3 Å². The summed E-state index contributed by atoms with van der Waals surface area (Å²) in [7, 11) is 0. The fourth-order valence-corrected chi connectivity index (χ4v) is 7.46. The van der Waals surface area contributed by atoms with Gasteiger partial charge in [-0.15, -0.1) is 20.4 Å². The molecule has 0 spiro atoms. The van der Waals surface area contributed by atoms with E-state index in [9.17, 15) is 9.59 Å². The van der Waals surface area contributed by atoms with Gasteiger partial charge in [0.05, 0.1) is 12.1 Å². The minimum absolute atomic E-state index is 0.0470. The van der Waals surface area contributed by atoms with Gasteiger partial charge in [0.2, 0.25) is 11.3 Å². The number of carboxylic acids is 1. The number of aromatic carboxylic acids is 1. The molecular formula is C36H46N16O5. The van der Waals surface area contributed by atoms with Crippen LogP contribution in [0.3, 0.4) is 0 Å². The Morgan fingerprint density at radius 2 is 1.23 bits per heavy atom. The van der Waals surface area contributed by atoms with Crippen molar-refractivity contribution >= 4 is 34.8 Å². The molecule has 6 aromatic heterocycles. The molecule has 0 radical (unpaired) electrons. The highest BCUT2D eigenvalue weighted by atomic mass is 16.5. The molecule has 0 aromatic carbocycles. The van der Waals surface area contributed by atoms with Crippen LogP contribution in [0, 0.1) is 0 Å². The number of carbonyl (C=O) groups excluding carboxylic acids is 1. The number of amides is 1. The minimum atomic E-state index is -0.976. The number of aromatic nitrogens is 12. The lowest BCUT2D eigenvalue weighted by Crippen LogP contribution is -2.37. The lowest BCUT2D eigenvalue weighted by Gasteiger charge is -2.22. The number of nitrogens with two attached hydrogens (primary N) is 1. The largest absolute Gasteiger partial charge is 0.476 e. The molecule has 0 bridgehead atoms. The van der Waals surface area contributed by atoms with Gasteiger partial charge in [-0.25, -0.2) is 14.8 Å². The van der Waals surface area contributed by atoms with E-state index in [0.29, 0.717) is 18.3 Å². The molecule has 6 aromatic rings. The summed E-state index contributed by atoms with van der Waals surface area (Å²) < 4.78 is 17.9. The Bertz CT molecular complexity index is 2260. The number of hydrogen-bond acceptors (Lipinski definition) is 15. The first-order valence-electron chi connectivity index (χ1n) is 19.2. The van der Waals surface area contributed by atoms with Crippen LogP contribution >= 0.6 is 0 Å². The summed E-state index contributed by atoms with van der Waals surface area (Å²) in [5.74, 6) is 0.561. The Morgan fingerprint density at radius 3 is 1.75 bits per heavy atom. The number of fused-ring (bicyclic) bond motifs is 2. The second kappa shape index (κ2) is 17.4. The quantitative estimate of drug-likeness (QED) is 0.207. The SMILES string of the molecule is N[C@H]1CCN(c2nccn3cnnc23)C1.O=C(N[C@H]1CCN(c2nccn3cnnc23)C1)c1ccn(C2CCOCC2)n1.O=C(O)c1ccn(C2CCOCC2)n1. The minimum Gasteiger partial charge on any atom is -0.476 e. The van der Waals surface area contributed by atoms with Crippen LogP contribution in [0.25, 0.3) is 11.3 Å². The van der Waals surface area contributed by atoms with E-state index >= 15 is 0 Å². The number of rotatable bonds is 7. The highest BCUT2D eigenvalue weighted by Gasteiger charge is 2.28. The van der Waals surface area contributed by atoms with Gasteiger partial charge in [-0.3, -0.25) is 23.0 Å². The molecule has 21 heteroatoms. The van der Waals surface area contributed by atoms with Crippen molar-refractivity contribution in [3.63, 3.8) is 0 Å². The second-order valence-electron chi connectivity index (χ2n) is 14.4. The molecule has 10 heterocycles. The molecule has 0 unspecified atom stereocenters. The van der Waals surface area contributed by atoms with Crippen LogP contribution < -0.4 is 20.9 Å². The maximum Gasteiger partial charge on any atom is 0.356 e. The Labute approximate surface area is 326 Å². The smallest absolute Gasteiger partial charge is 0.356 e. The van der Waals surface area contributed by atoms with Crippen LogP contribution in [0.15, 0.2) is 62.0 Å². The molecule has 4 fully saturated rings. The third-order valence-electron chi connectivity index (χ3n) is 10.5. The number of nitrogens with one attached hydrogen (secondary N) is 1. The van der Waals surface area contributed by atoms with E-state index in [0.717, 1.165) is 108 Å². The van der Waals surface area contributed by atoms with Crippen molar-refractivity contribution in [3.8, 4) is 0 Å². The first-order valence-corrected chi connectivity index (χ1v) is 19.2. The van der Waals surface area contributed by atoms with Crippen LogP contribution in [0.4, 0.5) is 11.6 Å². The summed E-state index contributed by atoms with van der Waals surface area (Å²) in [4.78, 5) is 36.3. The van der Waals surface area contributed by atoms with E-state index < -0.39 is 5.97 Å². The van der Waals surface area contributed by atoms with Crippen molar-refractivity contribution in [2.24, 2.45) is 5.73 Å². The zero-order valence-electron chi connectivity index (χ0n) is 31.4. The summed E-state index contributed by atoms with van der Waals surface area (Å²) in [5, 5.41) is 36.3. The lowest BCUT2D eigenvalue weighted by molar-refractivity contribution is 0.0644. The predicted octanol–water partition coefficient (Wildman–Crippen LogP) is 1.28. The van der Waals surface area contributed by atoms with E-state index in [-0.39, 0.29) is 29.7 Å². The van der Waals surface area contributed by atoms with Gasteiger partial charge in [0.1, 0.15) is 18.3 Å². The number of carbonyl (C=O) groups is 2. The van der Waals surface area contributed by atoms with Crippen molar-refractivity contribution in [2.75, 3.05) is 62.4 Å². The monoisotopic (exact) mass is 782 g/mol. The fourth-order valence-electron chi connectivity index (χ4n) is 7.46. The third-order valence-corrected chi connectivity index (χ3v) is 10.5. The van der Waals surface area contributed by atoms with Gasteiger partial charge in [-0.2, -0.15) is 10.2 Å². The van der Waals surface area contributed by atoms with Crippen molar-refractivity contribution < 1.29 is 24.2 Å². The predicted molar refractivity (Wildman–Crippen MR) is 204 cm³/mol. The molecule has 4 N–H and O–H groups in total. The molecular weight excluding hydrogens is 737 g/mol. The summed E-state index contributed by atoms with van der Waals surface area (Å²) in [6.07, 6.45) is 19.6. The lowest BCUT2D eigenvalue weighted by atomic mass is 10.1. The molecule has 0 saturated carbocycles. The molecule has 300 valence electrons. The number of ether oxygens (including phenoxy) is 2. The second-order valence-corrected chi connectivity index (χ2v) is 14.4.